The zero-order valence-electron chi connectivity index (χ0n) is 16.9. The van der Waals surface area contributed by atoms with Crippen LogP contribution in [0.5, 0.6) is 0 Å². The third-order valence-electron chi connectivity index (χ3n) is 6.31. The summed E-state index contributed by atoms with van der Waals surface area (Å²) in [5, 5.41) is 10.00. The van der Waals surface area contributed by atoms with Crippen LogP contribution in [0.3, 0.4) is 0 Å². The maximum absolute atomic E-state index is 13.7. The average molecular weight is 404 g/mol. The largest absolute Gasteiger partial charge is 0.450 e. The predicted molar refractivity (Wildman–Crippen MR) is 111 cm³/mol. The van der Waals surface area contributed by atoms with Crippen LogP contribution in [0.4, 0.5) is 5.69 Å². The first-order valence-electron chi connectivity index (χ1n) is 9.73. The third kappa shape index (κ3) is 2.00. The highest BCUT2D eigenvalue weighted by atomic mass is 16.3. The Bertz CT molecular complexity index is 1330. The average Bonchev–Trinajstić information content (AvgIpc) is 3.10. The van der Waals surface area contributed by atoms with Crippen LogP contribution in [0, 0.1) is 13.8 Å². The Balaban J connectivity index is 1.96. The summed E-state index contributed by atoms with van der Waals surface area (Å²) in [7, 11) is 1.62. The number of para-hydroxylation sites is 1. The molecule has 0 saturated heterocycles. The fourth-order valence-corrected chi connectivity index (χ4v) is 4.75. The molecule has 2 amide bonds. The molecule has 0 radical (unpaired) electrons. The second-order valence-corrected chi connectivity index (χ2v) is 7.84. The Kier molecular flexibility index (Phi) is 3.73. The van der Waals surface area contributed by atoms with Crippen LogP contribution < -0.4 is 10.3 Å². The van der Waals surface area contributed by atoms with Crippen LogP contribution in [0.1, 0.15) is 32.8 Å². The van der Waals surface area contributed by atoms with Crippen molar-refractivity contribution in [2.24, 2.45) is 0 Å². The van der Waals surface area contributed by atoms with Gasteiger partial charge < -0.3 is 19.3 Å². The summed E-state index contributed by atoms with van der Waals surface area (Å²) in [5.41, 5.74) is 1.28. The van der Waals surface area contributed by atoms with E-state index in [0.29, 0.717) is 22.2 Å². The highest BCUT2D eigenvalue weighted by molar-refractivity contribution is 6.16. The molecule has 1 aromatic heterocycles. The van der Waals surface area contributed by atoms with Crippen molar-refractivity contribution < 1.29 is 19.1 Å². The van der Waals surface area contributed by atoms with Gasteiger partial charge in [0.15, 0.2) is 11.0 Å². The number of aliphatic hydroxyl groups is 1. The molecule has 0 saturated carbocycles. The molecule has 2 aliphatic rings. The number of β-amino-alcohol motifs (C(OH)–C–C–N with tert-alkyl or cyclic N) is 1. The number of likely N-dealkylation sites (N-methyl/N-ethyl adjacent to an activating group) is 1. The number of amides is 2. The van der Waals surface area contributed by atoms with Crippen molar-refractivity contribution in [1.29, 1.82) is 0 Å². The molecule has 0 fully saturated rings. The molecule has 30 heavy (non-hydrogen) atoms. The van der Waals surface area contributed by atoms with Crippen molar-refractivity contribution >= 4 is 28.5 Å². The topological polar surface area (TPSA) is 91.1 Å². The first kappa shape index (κ1) is 18.6. The Hall–Kier alpha value is -3.45. The van der Waals surface area contributed by atoms with Gasteiger partial charge in [-0.15, -0.1) is 0 Å². The van der Waals surface area contributed by atoms with Crippen molar-refractivity contribution in [3.8, 4) is 0 Å². The van der Waals surface area contributed by atoms with Gasteiger partial charge in [0.05, 0.1) is 17.6 Å². The van der Waals surface area contributed by atoms with Crippen molar-refractivity contribution in [1.82, 2.24) is 4.90 Å². The van der Waals surface area contributed by atoms with E-state index in [1.54, 1.807) is 43.4 Å². The monoisotopic (exact) mass is 404 g/mol. The highest BCUT2D eigenvalue weighted by Gasteiger charge is 2.64. The van der Waals surface area contributed by atoms with Gasteiger partial charge in [0.2, 0.25) is 5.76 Å². The molecule has 0 bridgehead atoms. The number of rotatable bonds is 2. The molecule has 1 unspecified atom stereocenters. The fraction of sp³-hybridized carbons (Fsp3) is 0.261. The second-order valence-electron chi connectivity index (χ2n) is 7.84. The zero-order chi connectivity index (χ0) is 21.4. The fourth-order valence-electron chi connectivity index (χ4n) is 4.75. The highest BCUT2D eigenvalue weighted by Crippen LogP contribution is 2.51. The van der Waals surface area contributed by atoms with Gasteiger partial charge in [0.1, 0.15) is 5.58 Å². The van der Waals surface area contributed by atoms with Crippen LogP contribution >= 0.6 is 0 Å². The van der Waals surface area contributed by atoms with E-state index in [0.717, 1.165) is 11.1 Å². The van der Waals surface area contributed by atoms with Gasteiger partial charge in [0.25, 0.3) is 11.8 Å². The number of anilines is 1. The van der Waals surface area contributed by atoms with Crippen molar-refractivity contribution in [2.45, 2.75) is 19.4 Å². The molecule has 1 atom stereocenters. The van der Waals surface area contributed by atoms with Gasteiger partial charge in [-0.1, -0.05) is 18.2 Å². The van der Waals surface area contributed by atoms with Crippen LogP contribution in [0.2, 0.25) is 0 Å². The van der Waals surface area contributed by atoms with E-state index in [1.165, 1.54) is 9.80 Å². The second kappa shape index (κ2) is 6.03. The van der Waals surface area contributed by atoms with Crippen LogP contribution in [0.25, 0.3) is 11.0 Å². The lowest BCUT2D eigenvalue weighted by Crippen LogP contribution is -2.53. The number of hydrogen-bond donors (Lipinski definition) is 1. The molecular weight excluding hydrogens is 384 g/mol. The van der Waals surface area contributed by atoms with E-state index < -0.39 is 22.8 Å². The third-order valence-corrected chi connectivity index (χ3v) is 6.31. The number of fused-ring (bicyclic) bond motifs is 5. The summed E-state index contributed by atoms with van der Waals surface area (Å²) < 4.78 is 5.95. The summed E-state index contributed by atoms with van der Waals surface area (Å²) in [5.74, 6) is -1.13. The van der Waals surface area contributed by atoms with Gasteiger partial charge in [-0.3, -0.25) is 14.4 Å². The minimum absolute atomic E-state index is 0.0264. The first-order valence-corrected chi connectivity index (χ1v) is 9.73. The molecule has 0 aliphatic carbocycles. The van der Waals surface area contributed by atoms with Crippen molar-refractivity contribution in [3.63, 3.8) is 0 Å². The molecule has 7 nitrogen and oxygen atoms in total. The maximum Gasteiger partial charge on any atom is 0.291 e. The summed E-state index contributed by atoms with van der Waals surface area (Å²) in [6, 6.07) is 10.6. The van der Waals surface area contributed by atoms with E-state index in [4.69, 9.17) is 4.42 Å². The van der Waals surface area contributed by atoms with Gasteiger partial charge in [-0.2, -0.15) is 0 Å². The maximum atomic E-state index is 13.7. The molecule has 2 aromatic carbocycles. The van der Waals surface area contributed by atoms with Gasteiger partial charge in [0, 0.05) is 24.8 Å². The SMILES string of the molecule is Cc1cc2oc3c(c(=O)c2cc1C)C1(C(=O)N(C)c2ccccc21)N(CCO)C3=O. The minimum Gasteiger partial charge on any atom is -0.450 e. The summed E-state index contributed by atoms with van der Waals surface area (Å²) >= 11 is 0. The van der Waals surface area contributed by atoms with Gasteiger partial charge in [-0.05, 0) is 43.2 Å². The molecule has 7 heteroatoms. The van der Waals surface area contributed by atoms with E-state index in [-0.39, 0.29) is 24.5 Å². The minimum atomic E-state index is -1.64. The molecule has 2 aliphatic heterocycles. The molecule has 3 aromatic rings. The molecule has 152 valence electrons. The number of aliphatic hydroxyl groups excluding tert-OH is 1. The normalized spacial score (nSPS) is 19.9. The van der Waals surface area contributed by atoms with Crippen LogP contribution in [-0.4, -0.2) is 42.0 Å². The van der Waals surface area contributed by atoms with E-state index >= 15 is 0 Å². The van der Waals surface area contributed by atoms with Gasteiger partial charge >= 0.3 is 0 Å². The number of nitrogens with zero attached hydrogens (tertiary/aromatic N) is 2. The predicted octanol–water partition coefficient (Wildman–Crippen LogP) is 2.08. The number of hydrogen-bond acceptors (Lipinski definition) is 5. The summed E-state index contributed by atoms with van der Waals surface area (Å²) in [4.78, 5) is 43.5. The lowest BCUT2D eigenvalue weighted by Gasteiger charge is -2.33. The van der Waals surface area contributed by atoms with Crippen molar-refractivity contribution in [2.75, 3.05) is 25.1 Å². The van der Waals surface area contributed by atoms with Crippen LogP contribution in [-0.2, 0) is 10.3 Å². The molecule has 1 N–H and O–H groups in total. The quantitative estimate of drug-likeness (QED) is 0.706. The Morgan fingerprint density at radius 3 is 2.50 bits per heavy atom. The molecule has 5 rings (SSSR count). The summed E-state index contributed by atoms with van der Waals surface area (Å²) in [6.45, 7) is 3.33. The Labute approximate surface area is 172 Å². The number of carbonyl (C=O) groups is 2. The molecular formula is C23H20N2O5. The zero-order valence-corrected chi connectivity index (χ0v) is 16.9. The number of benzene rings is 2. The number of carbonyl (C=O) groups excluding carboxylic acids is 2. The number of aryl methyl sites for hydroxylation is 2. The Morgan fingerprint density at radius 2 is 1.77 bits per heavy atom. The van der Waals surface area contributed by atoms with Gasteiger partial charge in [-0.25, -0.2) is 0 Å². The van der Waals surface area contributed by atoms with Crippen molar-refractivity contribution in [3.05, 3.63) is 74.6 Å². The lowest BCUT2D eigenvalue weighted by atomic mass is 9.84. The van der Waals surface area contributed by atoms with E-state index in [2.05, 4.69) is 0 Å². The lowest BCUT2D eigenvalue weighted by molar-refractivity contribution is -0.125. The smallest absolute Gasteiger partial charge is 0.291 e. The molecule has 1 spiro atoms. The Morgan fingerprint density at radius 1 is 1.07 bits per heavy atom. The van der Waals surface area contributed by atoms with E-state index in [1.807, 2.05) is 13.8 Å². The van der Waals surface area contributed by atoms with Crippen LogP contribution in [0.15, 0.2) is 45.6 Å². The first-order chi connectivity index (χ1) is 14.3. The standard InChI is InChI=1S/C23H20N2O5/c1-12-10-14-17(11-13(12)2)30-20-18(19(14)27)23(25(8-9-26)21(20)28)15-6-4-5-7-16(15)24(3)22(23)29/h4-7,10-11,26H,8-9H2,1-3H3. The summed E-state index contributed by atoms with van der Waals surface area (Å²) in [6.07, 6.45) is 0. The molecule has 3 heterocycles. The van der Waals surface area contributed by atoms with E-state index in [9.17, 15) is 19.5 Å².